The number of benzene rings is 2. The molecule has 3 rings (SSSR count). The number of thiazole rings is 1. The Kier molecular flexibility index (Phi) is 8.73. The van der Waals surface area contributed by atoms with Crippen LogP contribution in [0.3, 0.4) is 0 Å². The zero-order valence-corrected chi connectivity index (χ0v) is 20.2. The molecule has 1 heterocycles. The minimum absolute atomic E-state index is 0.119. The topological polar surface area (TPSA) is 69.9 Å². The van der Waals surface area contributed by atoms with E-state index in [9.17, 15) is 9.59 Å². The number of aromatic nitrogens is 1. The van der Waals surface area contributed by atoms with Crippen molar-refractivity contribution in [1.82, 2.24) is 4.57 Å². The zero-order valence-electron chi connectivity index (χ0n) is 17.9. The Balaban J connectivity index is 1.91. The predicted molar refractivity (Wildman–Crippen MR) is 128 cm³/mol. The second kappa shape index (κ2) is 11.5. The Hall–Kier alpha value is -2.35. The fourth-order valence-electron chi connectivity index (χ4n) is 3.08. The highest BCUT2D eigenvalue weighted by atomic mass is 35.5. The Morgan fingerprint density at radius 2 is 1.84 bits per heavy atom. The second-order valence-electron chi connectivity index (χ2n) is 7.01. The molecule has 0 saturated carbocycles. The van der Waals surface area contributed by atoms with Gasteiger partial charge in [-0.2, -0.15) is 4.99 Å². The summed E-state index contributed by atoms with van der Waals surface area (Å²) in [6.07, 6.45) is 3.24. The monoisotopic (exact) mass is 494 g/mol. The standard InChI is InChI=1S/C23H24Cl2N2O4S/c1-3-5-6-11-31-17-9-7-15(8-10-17)22(29)26-23-27(14-20(28)30-4-2)21-18(25)12-16(24)13-19(21)32-23/h7-10,12-13H,3-6,11,14H2,1-2H3. The third kappa shape index (κ3) is 6.12. The van der Waals surface area contributed by atoms with Crippen LogP contribution in [0.4, 0.5) is 0 Å². The average Bonchev–Trinajstić information content (AvgIpc) is 3.08. The summed E-state index contributed by atoms with van der Waals surface area (Å²) in [4.78, 5) is 29.6. The minimum atomic E-state index is -0.448. The summed E-state index contributed by atoms with van der Waals surface area (Å²) in [5, 5.41) is 0.825. The number of esters is 1. The van der Waals surface area contributed by atoms with Crippen LogP contribution in [0.1, 0.15) is 43.5 Å². The van der Waals surface area contributed by atoms with Crippen molar-refractivity contribution in [3.8, 4) is 5.75 Å². The van der Waals surface area contributed by atoms with Crippen molar-refractivity contribution in [2.45, 2.75) is 39.7 Å². The summed E-state index contributed by atoms with van der Waals surface area (Å²) in [6.45, 7) is 4.64. The molecule has 0 unspecified atom stereocenters. The number of hydrogen-bond donors (Lipinski definition) is 0. The number of unbranched alkanes of at least 4 members (excludes halogenated alkanes) is 2. The summed E-state index contributed by atoms with van der Waals surface area (Å²) in [5.74, 6) is -0.177. The number of carbonyl (C=O) groups is 2. The smallest absolute Gasteiger partial charge is 0.326 e. The molecule has 0 aliphatic carbocycles. The molecule has 3 aromatic rings. The largest absolute Gasteiger partial charge is 0.494 e. The van der Waals surface area contributed by atoms with Crippen LogP contribution in [0, 0.1) is 0 Å². The number of halogens is 2. The highest BCUT2D eigenvalue weighted by Gasteiger charge is 2.16. The van der Waals surface area contributed by atoms with Gasteiger partial charge in [0.1, 0.15) is 12.3 Å². The molecule has 0 N–H and O–H groups in total. The van der Waals surface area contributed by atoms with Gasteiger partial charge in [0.15, 0.2) is 4.80 Å². The molecule has 0 radical (unpaired) electrons. The first kappa shape index (κ1) is 24.3. The van der Waals surface area contributed by atoms with Gasteiger partial charge in [-0.05, 0) is 49.7 Å². The molecular weight excluding hydrogens is 471 g/mol. The van der Waals surface area contributed by atoms with Gasteiger partial charge in [-0.15, -0.1) is 0 Å². The molecule has 0 spiro atoms. The maximum absolute atomic E-state index is 12.8. The highest BCUT2D eigenvalue weighted by molar-refractivity contribution is 7.16. The average molecular weight is 495 g/mol. The van der Waals surface area contributed by atoms with E-state index in [0.29, 0.717) is 43.0 Å². The summed E-state index contributed by atoms with van der Waals surface area (Å²) in [5.41, 5.74) is 0.992. The lowest BCUT2D eigenvalue weighted by molar-refractivity contribution is -0.143. The van der Waals surface area contributed by atoms with Crippen LogP contribution in [0.5, 0.6) is 5.75 Å². The van der Waals surface area contributed by atoms with Crippen molar-refractivity contribution in [3.05, 3.63) is 56.8 Å². The van der Waals surface area contributed by atoms with Gasteiger partial charge in [-0.1, -0.05) is 54.3 Å². The molecule has 6 nitrogen and oxygen atoms in total. The summed E-state index contributed by atoms with van der Waals surface area (Å²) >= 11 is 13.7. The fourth-order valence-corrected chi connectivity index (χ4v) is 4.89. The van der Waals surface area contributed by atoms with E-state index in [0.717, 1.165) is 19.3 Å². The lowest BCUT2D eigenvalue weighted by Crippen LogP contribution is -2.23. The van der Waals surface area contributed by atoms with E-state index in [-0.39, 0.29) is 13.2 Å². The number of ether oxygens (including phenoxy) is 2. The van der Waals surface area contributed by atoms with E-state index in [1.807, 2.05) is 0 Å². The number of carbonyl (C=O) groups excluding carboxylic acids is 2. The van der Waals surface area contributed by atoms with E-state index in [1.165, 1.54) is 11.3 Å². The van der Waals surface area contributed by atoms with Crippen molar-refractivity contribution < 1.29 is 19.1 Å². The van der Waals surface area contributed by atoms with Crippen LogP contribution in [0.25, 0.3) is 10.2 Å². The lowest BCUT2D eigenvalue weighted by atomic mass is 10.2. The molecule has 0 bridgehead atoms. The lowest BCUT2D eigenvalue weighted by Gasteiger charge is -2.07. The Morgan fingerprint density at radius 3 is 2.53 bits per heavy atom. The Labute approximate surface area is 200 Å². The van der Waals surface area contributed by atoms with Crippen LogP contribution < -0.4 is 9.54 Å². The number of hydrogen-bond acceptors (Lipinski definition) is 5. The van der Waals surface area contributed by atoms with Crippen molar-refractivity contribution >= 4 is 56.6 Å². The zero-order chi connectivity index (χ0) is 23.1. The van der Waals surface area contributed by atoms with E-state index >= 15 is 0 Å². The first-order valence-corrected chi connectivity index (χ1v) is 12.0. The summed E-state index contributed by atoms with van der Waals surface area (Å²) in [7, 11) is 0. The van der Waals surface area contributed by atoms with Gasteiger partial charge in [0, 0.05) is 10.6 Å². The number of rotatable bonds is 9. The maximum Gasteiger partial charge on any atom is 0.326 e. The molecular formula is C23H24Cl2N2O4S. The third-order valence-electron chi connectivity index (χ3n) is 4.60. The molecule has 0 aliphatic rings. The summed E-state index contributed by atoms with van der Waals surface area (Å²) in [6, 6.07) is 10.2. The molecule has 0 aliphatic heterocycles. The molecule has 32 heavy (non-hydrogen) atoms. The van der Waals surface area contributed by atoms with Gasteiger partial charge in [0.25, 0.3) is 5.91 Å². The molecule has 9 heteroatoms. The Morgan fingerprint density at radius 1 is 1.09 bits per heavy atom. The SMILES string of the molecule is CCCCCOc1ccc(C(=O)N=c2sc3cc(Cl)cc(Cl)c3n2CC(=O)OCC)cc1. The van der Waals surface area contributed by atoms with Gasteiger partial charge in [0.05, 0.1) is 28.5 Å². The van der Waals surface area contributed by atoms with E-state index < -0.39 is 11.9 Å². The van der Waals surface area contributed by atoms with Crippen LogP contribution in [0.2, 0.25) is 10.0 Å². The Bertz CT molecular complexity index is 1170. The second-order valence-corrected chi connectivity index (χ2v) is 8.86. The van der Waals surface area contributed by atoms with Gasteiger partial charge in [0.2, 0.25) is 0 Å². The molecule has 1 amide bonds. The van der Waals surface area contributed by atoms with Gasteiger partial charge >= 0.3 is 5.97 Å². The molecule has 170 valence electrons. The first-order chi connectivity index (χ1) is 15.4. The van der Waals surface area contributed by atoms with E-state index in [2.05, 4.69) is 11.9 Å². The van der Waals surface area contributed by atoms with E-state index in [1.54, 1.807) is 47.9 Å². The molecule has 1 aromatic heterocycles. The van der Waals surface area contributed by atoms with Crippen LogP contribution >= 0.6 is 34.5 Å². The molecule has 0 saturated heterocycles. The summed E-state index contributed by atoms with van der Waals surface area (Å²) < 4.78 is 13.1. The van der Waals surface area contributed by atoms with Crippen LogP contribution in [0.15, 0.2) is 41.4 Å². The van der Waals surface area contributed by atoms with E-state index in [4.69, 9.17) is 32.7 Å². The highest BCUT2D eigenvalue weighted by Crippen LogP contribution is 2.29. The van der Waals surface area contributed by atoms with Crippen molar-refractivity contribution in [2.24, 2.45) is 4.99 Å². The van der Waals surface area contributed by atoms with Crippen molar-refractivity contribution in [2.75, 3.05) is 13.2 Å². The fraction of sp³-hybridized carbons (Fsp3) is 0.348. The molecule has 0 fully saturated rings. The normalized spacial score (nSPS) is 11.7. The van der Waals surface area contributed by atoms with Gasteiger partial charge in [-0.25, -0.2) is 0 Å². The number of amides is 1. The van der Waals surface area contributed by atoms with Crippen molar-refractivity contribution in [3.63, 3.8) is 0 Å². The van der Waals surface area contributed by atoms with Crippen LogP contribution in [-0.4, -0.2) is 29.7 Å². The minimum Gasteiger partial charge on any atom is -0.494 e. The number of fused-ring (bicyclic) bond motifs is 1. The van der Waals surface area contributed by atoms with Crippen LogP contribution in [-0.2, 0) is 16.1 Å². The van der Waals surface area contributed by atoms with Gasteiger partial charge in [-0.3, -0.25) is 9.59 Å². The van der Waals surface area contributed by atoms with Gasteiger partial charge < -0.3 is 14.0 Å². The molecule has 2 aromatic carbocycles. The first-order valence-electron chi connectivity index (χ1n) is 10.4. The van der Waals surface area contributed by atoms with Crippen molar-refractivity contribution in [1.29, 1.82) is 0 Å². The quantitative estimate of drug-likeness (QED) is 0.275. The molecule has 0 atom stereocenters. The third-order valence-corrected chi connectivity index (χ3v) is 6.13. The number of nitrogens with zero attached hydrogens (tertiary/aromatic N) is 2. The maximum atomic E-state index is 12.8. The predicted octanol–water partition coefficient (Wildman–Crippen LogP) is 5.88.